The molecule has 0 saturated heterocycles. The van der Waals surface area contributed by atoms with Crippen LogP contribution in [0.4, 0.5) is 0 Å². The quantitative estimate of drug-likeness (QED) is 0.759. The van der Waals surface area contributed by atoms with Crippen LogP contribution in [0.15, 0.2) is 22.8 Å². The Morgan fingerprint density at radius 2 is 2.47 bits per heavy atom. The lowest BCUT2D eigenvalue weighted by molar-refractivity contribution is -0.117. The van der Waals surface area contributed by atoms with E-state index >= 15 is 0 Å². The monoisotopic (exact) mass is 207 g/mol. The third-order valence-corrected chi connectivity index (χ3v) is 3.08. The number of rotatable bonds is 4. The van der Waals surface area contributed by atoms with E-state index in [9.17, 15) is 4.79 Å². The van der Waals surface area contributed by atoms with Gasteiger partial charge in [-0.05, 0) is 25.1 Å². The fourth-order valence-electron chi connectivity index (χ4n) is 2.21. The van der Waals surface area contributed by atoms with E-state index in [0.717, 1.165) is 31.7 Å². The van der Waals surface area contributed by atoms with E-state index in [2.05, 4.69) is 11.8 Å². The van der Waals surface area contributed by atoms with Gasteiger partial charge in [-0.2, -0.15) is 0 Å². The standard InChI is InChI=1S/C12H17NO2/c1-2-13(9-12-4-3-7-15-12)10-5-6-11(14)8-10/h3-4,7,10H,2,5-6,8-9H2,1H3. The normalized spacial score (nSPS) is 21.5. The molecule has 1 aromatic rings. The average Bonchev–Trinajstić information content (AvgIpc) is 2.85. The lowest BCUT2D eigenvalue weighted by Crippen LogP contribution is -2.32. The SMILES string of the molecule is CCN(Cc1ccco1)C1CCC(=O)C1. The third-order valence-electron chi connectivity index (χ3n) is 3.08. The largest absolute Gasteiger partial charge is 0.468 e. The van der Waals surface area contributed by atoms with Gasteiger partial charge in [0.1, 0.15) is 11.5 Å². The average molecular weight is 207 g/mol. The summed E-state index contributed by atoms with van der Waals surface area (Å²) in [5, 5.41) is 0. The molecule has 1 heterocycles. The van der Waals surface area contributed by atoms with Gasteiger partial charge in [-0.15, -0.1) is 0 Å². The zero-order chi connectivity index (χ0) is 10.7. The second-order valence-corrected chi connectivity index (χ2v) is 4.08. The molecule has 0 aliphatic heterocycles. The maximum absolute atomic E-state index is 11.2. The highest BCUT2D eigenvalue weighted by atomic mass is 16.3. The number of carbonyl (C=O) groups is 1. The molecule has 1 aliphatic rings. The van der Waals surface area contributed by atoms with Gasteiger partial charge >= 0.3 is 0 Å². The minimum Gasteiger partial charge on any atom is -0.468 e. The van der Waals surface area contributed by atoms with Gasteiger partial charge < -0.3 is 4.42 Å². The first-order valence-corrected chi connectivity index (χ1v) is 5.57. The minimum absolute atomic E-state index is 0.401. The summed E-state index contributed by atoms with van der Waals surface area (Å²) in [5.74, 6) is 1.38. The van der Waals surface area contributed by atoms with Crippen molar-refractivity contribution < 1.29 is 9.21 Å². The number of carbonyl (C=O) groups excluding carboxylic acids is 1. The Bertz CT molecular complexity index is 318. The van der Waals surface area contributed by atoms with Gasteiger partial charge in [-0.1, -0.05) is 6.92 Å². The smallest absolute Gasteiger partial charge is 0.134 e. The summed E-state index contributed by atoms with van der Waals surface area (Å²) in [6.45, 7) is 3.92. The first-order chi connectivity index (χ1) is 7.29. The molecular formula is C12H17NO2. The summed E-state index contributed by atoms with van der Waals surface area (Å²) in [4.78, 5) is 13.5. The van der Waals surface area contributed by atoms with Crippen LogP contribution in [0.3, 0.4) is 0 Å². The van der Waals surface area contributed by atoms with E-state index in [4.69, 9.17) is 4.42 Å². The molecule has 1 saturated carbocycles. The molecule has 1 aromatic heterocycles. The molecule has 82 valence electrons. The zero-order valence-electron chi connectivity index (χ0n) is 9.11. The molecule has 0 radical (unpaired) electrons. The summed E-state index contributed by atoms with van der Waals surface area (Å²) >= 11 is 0. The van der Waals surface area contributed by atoms with E-state index in [1.54, 1.807) is 6.26 Å². The summed E-state index contributed by atoms with van der Waals surface area (Å²) in [6, 6.07) is 4.31. The summed E-state index contributed by atoms with van der Waals surface area (Å²) < 4.78 is 5.33. The number of ketones is 1. The van der Waals surface area contributed by atoms with Crippen LogP contribution >= 0.6 is 0 Å². The molecule has 3 nitrogen and oxygen atoms in total. The van der Waals surface area contributed by atoms with Gasteiger partial charge in [0.25, 0.3) is 0 Å². The van der Waals surface area contributed by atoms with E-state index < -0.39 is 0 Å². The number of nitrogens with zero attached hydrogens (tertiary/aromatic N) is 1. The Balaban J connectivity index is 1.95. The molecule has 0 spiro atoms. The van der Waals surface area contributed by atoms with Crippen LogP contribution in [0.5, 0.6) is 0 Å². The van der Waals surface area contributed by atoms with Crippen molar-refractivity contribution in [2.45, 2.75) is 38.8 Å². The predicted molar refractivity (Wildman–Crippen MR) is 57.4 cm³/mol. The first kappa shape index (κ1) is 10.4. The van der Waals surface area contributed by atoms with Crippen molar-refractivity contribution in [1.82, 2.24) is 4.90 Å². The van der Waals surface area contributed by atoms with Crippen molar-refractivity contribution in [3.05, 3.63) is 24.2 Å². The van der Waals surface area contributed by atoms with Crippen LogP contribution in [-0.4, -0.2) is 23.3 Å². The van der Waals surface area contributed by atoms with Crippen LogP contribution in [0.2, 0.25) is 0 Å². The van der Waals surface area contributed by atoms with E-state index in [1.165, 1.54) is 0 Å². The predicted octanol–water partition coefficient (Wildman–Crippen LogP) is 2.22. The number of hydrogen-bond donors (Lipinski definition) is 0. The van der Waals surface area contributed by atoms with Crippen LogP contribution in [0.1, 0.15) is 31.9 Å². The van der Waals surface area contributed by atoms with Gasteiger partial charge in [-0.3, -0.25) is 9.69 Å². The van der Waals surface area contributed by atoms with Crippen LogP contribution in [0.25, 0.3) is 0 Å². The molecule has 3 heteroatoms. The van der Waals surface area contributed by atoms with E-state index in [1.807, 2.05) is 12.1 Å². The van der Waals surface area contributed by atoms with Gasteiger partial charge in [0.05, 0.1) is 12.8 Å². The third kappa shape index (κ3) is 2.48. The van der Waals surface area contributed by atoms with Crippen molar-refractivity contribution >= 4 is 5.78 Å². The first-order valence-electron chi connectivity index (χ1n) is 5.57. The van der Waals surface area contributed by atoms with Crippen LogP contribution < -0.4 is 0 Å². The van der Waals surface area contributed by atoms with Crippen molar-refractivity contribution in [3.8, 4) is 0 Å². The highest BCUT2D eigenvalue weighted by molar-refractivity contribution is 5.81. The minimum atomic E-state index is 0.401. The fraction of sp³-hybridized carbons (Fsp3) is 0.583. The van der Waals surface area contributed by atoms with Crippen molar-refractivity contribution in [1.29, 1.82) is 0 Å². The molecular weight excluding hydrogens is 190 g/mol. The molecule has 0 aromatic carbocycles. The maximum Gasteiger partial charge on any atom is 0.134 e. The topological polar surface area (TPSA) is 33.5 Å². The number of hydrogen-bond acceptors (Lipinski definition) is 3. The van der Waals surface area contributed by atoms with Crippen molar-refractivity contribution in [2.75, 3.05) is 6.54 Å². The number of furan rings is 1. The molecule has 1 unspecified atom stereocenters. The van der Waals surface area contributed by atoms with Gasteiger partial charge in [0, 0.05) is 18.9 Å². The molecule has 1 atom stereocenters. The van der Waals surface area contributed by atoms with Gasteiger partial charge in [0.15, 0.2) is 0 Å². The summed E-state index contributed by atoms with van der Waals surface area (Å²) in [6.07, 6.45) is 4.17. The van der Waals surface area contributed by atoms with Crippen molar-refractivity contribution in [2.24, 2.45) is 0 Å². The van der Waals surface area contributed by atoms with Gasteiger partial charge in [-0.25, -0.2) is 0 Å². The Hall–Kier alpha value is -1.09. The molecule has 1 fully saturated rings. The molecule has 0 amide bonds. The van der Waals surface area contributed by atoms with Crippen LogP contribution in [-0.2, 0) is 11.3 Å². The summed E-state index contributed by atoms with van der Waals surface area (Å²) in [5.41, 5.74) is 0. The zero-order valence-corrected chi connectivity index (χ0v) is 9.11. The second kappa shape index (κ2) is 4.62. The molecule has 2 rings (SSSR count). The Kier molecular flexibility index (Phi) is 3.21. The maximum atomic E-state index is 11.2. The van der Waals surface area contributed by atoms with Crippen molar-refractivity contribution in [3.63, 3.8) is 0 Å². The highest BCUT2D eigenvalue weighted by Gasteiger charge is 2.27. The lowest BCUT2D eigenvalue weighted by atomic mass is 10.2. The van der Waals surface area contributed by atoms with E-state index in [0.29, 0.717) is 18.2 Å². The molecule has 0 bridgehead atoms. The lowest BCUT2D eigenvalue weighted by Gasteiger charge is -2.25. The highest BCUT2D eigenvalue weighted by Crippen LogP contribution is 2.22. The van der Waals surface area contributed by atoms with Crippen LogP contribution in [0, 0.1) is 0 Å². The Labute approximate surface area is 90.1 Å². The Morgan fingerprint density at radius 3 is 3.00 bits per heavy atom. The molecule has 0 N–H and O–H groups in total. The summed E-state index contributed by atoms with van der Waals surface area (Å²) in [7, 11) is 0. The molecule has 15 heavy (non-hydrogen) atoms. The number of Topliss-reactive ketones (excluding diaryl/α,β-unsaturated/α-hetero) is 1. The Morgan fingerprint density at radius 1 is 1.60 bits per heavy atom. The molecule has 1 aliphatic carbocycles. The van der Waals surface area contributed by atoms with Gasteiger partial charge in [0.2, 0.25) is 0 Å². The fourth-order valence-corrected chi connectivity index (χ4v) is 2.21. The second-order valence-electron chi connectivity index (χ2n) is 4.08. The van der Waals surface area contributed by atoms with E-state index in [-0.39, 0.29) is 0 Å².